The van der Waals surface area contributed by atoms with Gasteiger partial charge < -0.3 is 15.8 Å². The van der Waals surface area contributed by atoms with E-state index in [2.05, 4.69) is 15.3 Å². The number of hydrogen-bond donors (Lipinski definition) is 2. The van der Waals surface area contributed by atoms with E-state index in [0.29, 0.717) is 12.0 Å². The number of nitrogens with zero attached hydrogens (tertiary/aromatic N) is 2. The molecule has 1 unspecified atom stereocenters. The Hall–Kier alpha value is -1.36. The number of nitrogens with two attached hydrogens (primary N) is 1. The number of aromatic nitrogens is 2. The fraction of sp³-hybridized carbons (Fsp3) is 0.556. The van der Waals surface area contributed by atoms with Crippen LogP contribution in [0.4, 0.5) is 11.8 Å². The molecule has 5 heteroatoms. The molecule has 1 aliphatic rings. The van der Waals surface area contributed by atoms with Gasteiger partial charge in [0.2, 0.25) is 5.95 Å². The molecule has 1 saturated heterocycles. The maximum Gasteiger partial charge on any atom is 0.221 e. The van der Waals surface area contributed by atoms with Crippen molar-refractivity contribution >= 4 is 11.8 Å². The predicted molar refractivity (Wildman–Crippen MR) is 53.9 cm³/mol. The van der Waals surface area contributed by atoms with E-state index in [1.165, 1.54) is 0 Å². The molecule has 0 saturated carbocycles. The van der Waals surface area contributed by atoms with Crippen LogP contribution in [0.5, 0.6) is 0 Å². The molecule has 76 valence electrons. The molecular weight excluding hydrogens is 180 g/mol. The molecule has 5 nitrogen and oxygen atoms in total. The molecule has 14 heavy (non-hydrogen) atoms. The zero-order valence-electron chi connectivity index (χ0n) is 7.94. The highest BCUT2D eigenvalue weighted by Crippen LogP contribution is 2.12. The molecule has 0 bridgehead atoms. The fourth-order valence-corrected chi connectivity index (χ4v) is 1.52. The average Bonchev–Trinajstić information content (AvgIpc) is 2.19. The standard InChI is InChI=1S/C9H14N4O/c10-9-11-4-3-8(13-9)12-7-2-1-5-14-6-7/h3-4,7H,1-2,5-6H2,(H3,10,11,12,13). The van der Waals surface area contributed by atoms with E-state index in [0.717, 1.165) is 31.9 Å². The first-order valence-electron chi connectivity index (χ1n) is 4.77. The Kier molecular flexibility index (Phi) is 2.78. The molecule has 0 amide bonds. The number of anilines is 2. The third-order valence-electron chi connectivity index (χ3n) is 2.19. The zero-order valence-corrected chi connectivity index (χ0v) is 7.94. The molecule has 2 heterocycles. The average molecular weight is 194 g/mol. The lowest BCUT2D eigenvalue weighted by Crippen LogP contribution is -2.30. The molecule has 1 aliphatic heterocycles. The molecule has 1 fully saturated rings. The van der Waals surface area contributed by atoms with Crippen LogP contribution in [0.3, 0.4) is 0 Å². The first-order valence-corrected chi connectivity index (χ1v) is 4.77. The van der Waals surface area contributed by atoms with Gasteiger partial charge in [0.1, 0.15) is 5.82 Å². The van der Waals surface area contributed by atoms with Gasteiger partial charge in [-0.15, -0.1) is 0 Å². The quantitative estimate of drug-likeness (QED) is 0.723. The van der Waals surface area contributed by atoms with Crippen molar-refractivity contribution in [3.63, 3.8) is 0 Å². The Bertz CT molecular complexity index is 299. The van der Waals surface area contributed by atoms with Gasteiger partial charge in [-0.3, -0.25) is 0 Å². The number of hydrogen-bond acceptors (Lipinski definition) is 5. The predicted octanol–water partition coefficient (Wildman–Crippen LogP) is 0.650. The van der Waals surface area contributed by atoms with Gasteiger partial charge in [-0.25, -0.2) is 4.98 Å². The van der Waals surface area contributed by atoms with Crippen molar-refractivity contribution in [2.24, 2.45) is 0 Å². The van der Waals surface area contributed by atoms with Crippen LogP contribution in [0.1, 0.15) is 12.8 Å². The highest BCUT2D eigenvalue weighted by molar-refractivity contribution is 5.38. The molecule has 0 spiro atoms. The topological polar surface area (TPSA) is 73.1 Å². The molecule has 3 N–H and O–H groups in total. The summed E-state index contributed by atoms with van der Waals surface area (Å²) in [7, 11) is 0. The fourth-order valence-electron chi connectivity index (χ4n) is 1.52. The van der Waals surface area contributed by atoms with Crippen molar-refractivity contribution in [2.45, 2.75) is 18.9 Å². The van der Waals surface area contributed by atoms with Gasteiger partial charge in [-0.2, -0.15) is 4.98 Å². The van der Waals surface area contributed by atoms with Gasteiger partial charge in [-0.1, -0.05) is 0 Å². The van der Waals surface area contributed by atoms with E-state index in [4.69, 9.17) is 10.5 Å². The first-order chi connectivity index (χ1) is 6.84. The van der Waals surface area contributed by atoms with Crippen LogP contribution in [0.2, 0.25) is 0 Å². The molecule has 1 aromatic rings. The van der Waals surface area contributed by atoms with Crippen molar-refractivity contribution < 1.29 is 4.74 Å². The summed E-state index contributed by atoms with van der Waals surface area (Å²) in [6.07, 6.45) is 3.86. The molecular formula is C9H14N4O. The SMILES string of the molecule is Nc1nccc(NC2CCCOC2)n1. The second kappa shape index (κ2) is 4.23. The third-order valence-corrected chi connectivity index (χ3v) is 2.19. The number of nitrogen functional groups attached to an aromatic ring is 1. The van der Waals surface area contributed by atoms with Crippen LogP contribution < -0.4 is 11.1 Å². The normalized spacial score (nSPS) is 21.9. The maximum atomic E-state index is 5.47. The Balaban J connectivity index is 1.95. The van der Waals surface area contributed by atoms with Crippen LogP contribution in [-0.4, -0.2) is 29.2 Å². The zero-order chi connectivity index (χ0) is 9.80. The van der Waals surface area contributed by atoms with Crippen LogP contribution in [-0.2, 0) is 4.74 Å². The summed E-state index contributed by atoms with van der Waals surface area (Å²) in [6, 6.07) is 2.16. The number of rotatable bonds is 2. The van der Waals surface area contributed by atoms with Crippen molar-refractivity contribution in [2.75, 3.05) is 24.3 Å². The lowest BCUT2D eigenvalue weighted by molar-refractivity contribution is 0.0875. The van der Waals surface area contributed by atoms with E-state index in [1.807, 2.05) is 6.07 Å². The van der Waals surface area contributed by atoms with E-state index < -0.39 is 0 Å². The number of ether oxygens (including phenoxy) is 1. The van der Waals surface area contributed by atoms with E-state index in [1.54, 1.807) is 6.20 Å². The smallest absolute Gasteiger partial charge is 0.221 e. The number of nitrogens with one attached hydrogen (secondary N) is 1. The Morgan fingerprint density at radius 1 is 1.57 bits per heavy atom. The van der Waals surface area contributed by atoms with Gasteiger partial charge in [-0.05, 0) is 18.9 Å². The summed E-state index contributed by atoms with van der Waals surface area (Å²) in [5.74, 6) is 1.07. The Morgan fingerprint density at radius 2 is 2.50 bits per heavy atom. The Morgan fingerprint density at radius 3 is 3.21 bits per heavy atom. The van der Waals surface area contributed by atoms with Crippen LogP contribution in [0.25, 0.3) is 0 Å². The molecule has 0 aromatic carbocycles. The lowest BCUT2D eigenvalue weighted by atomic mass is 10.1. The Labute approximate surface area is 82.7 Å². The van der Waals surface area contributed by atoms with Gasteiger partial charge >= 0.3 is 0 Å². The summed E-state index contributed by atoms with van der Waals surface area (Å²) in [6.45, 7) is 1.61. The lowest BCUT2D eigenvalue weighted by Gasteiger charge is -2.23. The van der Waals surface area contributed by atoms with Crippen LogP contribution in [0, 0.1) is 0 Å². The van der Waals surface area contributed by atoms with E-state index >= 15 is 0 Å². The minimum absolute atomic E-state index is 0.298. The van der Waals surface area contributed by atoms with Crippen molar-refractivity contribution in [3.8, 4) is 0 Å². The molecule has 1 aromatic heterocycles. The summed E-state index contributed by atoms with van der Waals surface area (Å²) >= 11 is 0. The van der Waals surface area contributed by atoms with Gasteiger partial charge in [0.05, 0.1) is 12.6 Å². The van der Waals surface area contributed by atoms with E-state index in [9.17, 15) is 0 Å². The summed E-state index contributed by atoms with van der Waals surface area (Å²) < 4.78 is 5.35. The van der Waals surface area contributed by atoms with Crippen molar-refractivity contribution in [1.29, 1.82) is 0 Å². The highest BCUT2D eigenvalue weighted by Gasteiger charge is 2.13. The van der Waals surface area contributed by atoms with Crippen molar-refractivity contribution in [1.82, 2.24) is 9.97 Å². The monoisotopic (exact) mass is 194 g/mol. The second-order valence-electron chi connectivity index (χ2n) is 3.36. The molecule has 1 atom stereocenters. The first kappa shape index (κ1) is 9.21. The molecule has 2 rings (SSSR count). The molecule has 0 radical (unpaired) electrons. The van der Waals surface area contributed by atoms with Crippen LogP contribution >= 0.6 is 0 Å². The third kappa shape index (κ3) is 2.32. The van der Waals surface area contributed by atoms with Gasteiger partial charge in [0, 0.05) is 12.8 Å². The summed E-state index contributed by atoms with van der Waals surface area (Å²) in [5, 5.41) is 3.27. The minimum atomic E-state index is 0.298. The summed E-state index contributed by atoms with van der Waals surface area (Å²) in [4.78, 5) is 7.90. The summed E-state index contributed by atoms with van der Waals surface area (Å²) in [5.41, 5.74) is 5.47. The maximum absolute atomic E-state index is 5.47. The van der Waals surface area contributed by atoms with E-state index in [-0.39, 0.29) is 0 Å². The van der Waals surface area contributed by atoms with Gasteiger partial charge in [0.15, 0.2) is 0 Å². The highest BCUT2D eigenvalue weighted by atomic mass is 16.5. The van der Waals surface area contributed by atoms with Crippen molar-refractivity contribution in [3.05, 3.63) is 12.3 Å². The minimum Gasteiger partial charge on any atom is -0.379 e. The largest absolute Gasteiger partial charge is 0.379 e. The van der Waals surface area contributed by atoms with Gasteiger partial charge in [0.25, 0.3) is 0 Å². The molecule has 0 aliphatic carbocycles. The van der Waals surface area contributed by atoms with Crippen LogP contribution in [0.15, 0.2) is 12.3 Å². The second-order valence-corrected chi connectivity index (χ2v) is 3.36.